The molecule has 0 aliphatic carbocycles. The molecule has 9 heteroatoms. The van der Waals surface area contributed by atoms with Crippen molar-refractivity contribution in [3.8, 4) is 17.0 Å². The number of benzene rings is 1. The number of nitrogens with one attached hydrogen (secondary N) is 1. The van der Waals surface area contributed by atoms with E-state index < -0.39 is 0 Å². The van der Waals surface area contributed by atoms with Crippen LogP contribution in [0.4, 0.5) is 5.82 Å². The average molecular weight is 581 g/mol. The first-order valence-electron chi connectivity index (χ1n) is 13.7. The van der Waals surface area contributed by atoms with Crippen molar-refractivity contribution in [2.24, 2.45) is 0 Å². The molecule has 0 spiro atoms. The zero-order valence-electron chi connectivity index (χ0n) is 24.3. The number of piperidine rings is 1. The number of hydrogen-bond donors (Lipinski definition) is 2. The lowest BCUT2D eigenvalue weighted by Crippen LogP contribution is -2.39. The zero-order valence-corrected chi connectivity index (χ0v) is 25.9. The van der Waals surface area contributed by atoms with E-state index in [1.54, 1.807) is 29.7 Å². The number of likely N-dealkylation sites (tertiary alicyclic amines) is 1. The van der Waals surface area contributed by atoms with Gasteiger partial charge in [-0.05, 0) is 47.9 Å². The number of anilines is 1. The van der Waals surface area contributed by atoms with Crippen molar-refractivity contribution in [1.82, 2.24) is 14.9 Å². The van der Waals surface area contributed by atoms with E-state index >= 15 is 0 Å². The molecule has 3 aromatic rings. The molecular formula is C31H40N4O3S2. The lowest BCUT2D eigenvalue weighted by Gasteiger charge is -2.31. The van der Waals surface area contributed by atoms with E-state index in [9.17, 15) is 14.7 Å². The molecule has 0 unspecified atom stereocenters. The maximum Gasteiger partial charge on any atom is 0.235 e. The van der Waals surface area contributed by atoms with Gasteiger partial charge in [0.1, 0.15) is 11.6 Å². The number of rotatable bonds is 7. The molecule has 1 fully saturated rings. The Morgan fingerprint density at radius 2 is 1.70 bits per heavy atom. The molecule has 40 heavy (non-hydrogen) atoms. The molecule has 0 saturated carbocycles. The third-order valence-electron chi connectivity index (χ3n) is 7.13. The van der Waals surface area contributed by atoms with Gasteiger partial charge in [0.2, 0.25) is 11.8 Å². The SMILES string of the molecule is CC(C)(C)c1cc(-c2csc(C3CCN(C(=O)CSCC(=O)Nc4ccccn4)CC3)n2)cc(C(C)(C)C)c1O. The highest BCUT2D eigenvalue weighted by Gasteiger charge is 2.29. The van der Waals surface area contributed by atoms with Crippen LogP contribution in [0.3, 0.4) is 0 Å². The number of aromatic hydroxyl groups is 1. The van der Waals surface area contributed by atoms with Gasteiger partial charge in [-0.2, -0.15) is 0 Å². The second-order valence-corrected chi connectivity index (χ2v) is 14.3. The van der Waals surface area contributed by atoms with E-state index in [2.05, 4.69) is 69.4 Å². The molecule has 0 bridgehead atoms. The number of pyridine rings is 1. The summed E-state index contributed by atoms with van der Waals surface area (Å²) in [4.78, 5) is 35.9. The summed E-state index contributed by atoms with van der Waals surface area (Å²) in [5.41, 5.74) is 3.45. The minimum absolute atomic E-state index is 0.0717. The van der Waals surface area contributed by atoms with Crippen LogP contribution in [-0.4, -0.2) is 56.4 Å². The van der Waals surface area contributed by atoms with Gasteiger partial charge >= 0.3 is 0 Å². The summed E-state index contributed by atoms with van der Waals surface area (Å²) >= 11 is 3.01. The van der Waals surface area contributed by atoms with E-state index in [4.69, 9.17) is 4.98 Å². The molecule has 7 nitrogen and oxygen atoms in total. The van der Waals surface area contributed by atoms with E-state index in [0.717, 1.165) is 40.2 Å². The van der Waals surface area contributed by atoms with Crippen molar-refractivity contribution in [1.29, 1.82) is 0 Å². The topological polar surface area (TPSA) is 95.4 Å². The number of thioether (sulfide) groups is 1. The quantitative estimate of drug-likeness (QED) is 0.328. The average Bonchev–Trinajstić information content (AvgIpc) is 3.38. The smallest absolute Gasteiger partial charge is 0.235 e. The van der Waals surface area contributed by atoms with Crippen LogP contribution in [0, 0.1) is 0 Å². The second kappa shape index (κ2) is 12.3. The second-order valence-electron chi connectivity index (χ2n) is 12.4. The van der Waals surface area contributed by atoms with Crippen LogP contribution in [0.1, 0.15) is 76.4 Å². The fourth-order valence-electron chi connectivity index (χ4n) is 4.85. The predicted molar refractivity (Wildman–Crippen MR) is 165 cm³/mol. The maximum atomic E-state index is 12.8. The number of aromatic nitrogens is 2. The van der Waals surface area contributed by atoms with Crippen LogP contribution in [0.25, 0.3) is 11.3 Å². The molecule has 1 aliphatic rings. The van der Waals surface area contributed by atoms with Crippen molar-refractivity contribution in [2.45, 2.75) is 71.1 Å². The summed E-state index contributed by atoms with van der Waals surface area (Å²) in [5, 5.41) is 17.0. The maximum absolute atomic E-state index is 12.8. The largest absolute Gasteiger partial charge is 0.507 e. The third kappa shape index (κ3) is 7.43. The Hall–Kier alpha value is -2.91. The molecule has 2 N–H and O–H groups in total. The minimum Gasteiger partial charge on any atom is -0.507 e. The van der Waals surface area contributed by atoms with E-state index in [0.29, 0.717) is 30.6 Å². The lowest BCUT2D eigenvalue weighted by atomic mass is 9.78. The molecule has 214 valence electrons. The van der Waals surface area contributed by atoms with Gasteiger partial charge in [-0.25, -0.2) is 9.97 Å². The molecule has 0 atom stereocenters. The highest BCUT2D eigenvalue weighted by Crippen LogP contribution is 2.42. The Morgan fingerprint density at radius 1 is 1.05 bits per heavy atom. The Labute approximate surface area is 245 Å². The van der Waals surface area contributed by atoms with Crippen LogP contribution in [0.2, 0.25) is 0 Å². The van der Waals surface area contributed by atoms with Gasteiger partial charge in [-0.15, -0.1) is 23.1 Å². The van der Waals surface area contributed by atoms with Gasteiger partial charge in [0.25, 0.3) is 0 Å². The first-order valence-corrected chi connectivity index (χ1v) is 15.8. The number of carbonyl (C=O) groups excluding carboxylic acids is 2. The van der Waals surface area contributed by atoms with Gasteiger partial charge in [-0.3, -0.25) is 9.59 Å². The van der Waals surface area contributed by atoms with Crippen LogP contribution in [-0.2, 0) is 20.4 Å². The summed E-state index contributed by atoms with van der Waals surface area (Å²) < 4.78 is 0. The molecule has 2 amide bonds. The number of nitrogens with zero attached hydrogens (tertiary/aromatic N) is 3. The Balaban J connectivity index is 1.34. The Morgan fingerprint density at radius 3 is 2.27 bits per heavy atom. The monoisotopic (exact) mass is 580 g/mol. The summed E-state index contributed by atoms with van der Waals surface area (Å²) in [6, 6.07) is 9.51. The summed E-state index contributed by atoms with van der Waals surface area (Å²) in [5.74, 6) is 1.63. The molecule has 1 aromatic carbocycles. The molecule has 1 saturated heterocycles. The lowest BCUT2D eigenvalue weighted by molar-refractivity contribution is -0.129. The van der Waals surface area contributed by atoms with Crippen molar-refractivity contribution < 1.29 is 14.7 Å². The first kappa shape index (κ1) is 30.1. The van der Waals surface area contributed by atoms with E-state index in [-0.39, 0.29) is 34.2 Å². The van der Waals surface area contributed by atoms with Crippen molar-refractivity contribution >= 4 is 40.7 Å². The van der Waals surface area contributed by atoms with E-state index in [1.165, 1.54) is 11.8 Å². The highest BCUT2D eigenvalue weighted by molar-refractivity contribution is 8.00. The standard InChI is InChI=1S/C31H40N4O3S2/c1-30(2,3)22-15-21(16-23(28(22)38)31(4,5)6)24-17-40-29(33-24)20-10-13-35(14-11-20)27(37)19-39-18-26(36)34-25-9-7-8-12-32-25/h7-9,12,15-17,20,38H,10-11,13-14,18-19H2,1-6H3,(H,32,34,36). The highest BCUT2D eigenvalue weighted by atomic mass is 32.2. The molecular weight excluding hydrogens is 541 g/mol. The fourth-order valence-corrected chi connectivity index (χ4v) is 6.56. The number of phenolic OH excluding ortho intramolecular Hbond substituents is 1. The van der Waals surface area contributed by atoms with Crippen LogP contribution in [0.15, 0.2) is 41.9 Å². The molecule has 2 aromatic heterocycles. The minimum atomic E-state index is -0.195. The van der Waals surface area contributed by atoms with Crippen LogP contribution >= 0.6 is 23.1 Å². The summed E-state index contributed by atoms with van der Waals surface area (Å²) in [6.07, 6.45) is 3.38. The van der Waals surface area contributed by atoms with Gasteiger partial charge in [0.15, 0.2) is 0 Å². The van der Waals surface area contributed by atoms with Crippen molar-refractivity contribution in [2.75, 3.05) is 29.9 Å². The van der Waals surface area contributed by atoms with Crippen LogP contribution in [0.5, 0.6) is 5.75 Å². The Kier molecular flexibility index (Phi) is 9.25. The molecule has 1 aliphatic heterocycles. The van der Waals surface area contributed by atoms with Crippen LogP contribution < -0.4 is 5.32 Å². The molecule has 0 radical (unpaired) electrons. The van der Waals surface area contributed by atoms with Crippen molar-refractivity contribution in [3.63, 3.8) is 0 Å². The third-order valence-corrected chi connectivity index (χ3v) is 9.06. The number of amides is 2. The first-order chi connectivity index (χ1) is 18.8. The molecule has 4 rings (SSSR count). The van der Waals surface area contributed by atoms with Gasteiger partial charge in [-0.1, -0.05) is 47.6 Å². The number of carbonyl (C=O) groups is 2. The predicted octanol–water partition coefficient (Wildman–Crippen LogP) is 6.58. The number of thiazole rings is 1. The fraction of sp³-hybridized carbons (Fsp3) is 0.484. The number of phenols is 1. The zero-order chi connectivity index (χ0) is 29.1. The summed E-state index contributed by atoms with van der Waals surface area (Å²) in [7, 11) is 0. The van der Waals surface area contributed by atoms with Crippen molar-refractivity contribution in [3.05, 3.63) is 58.0 Å². The Bertz CT molecular complexity index is 1300. The van der Waals surface area contributed by atoms with Gasteiger partial charge in [0, 0.05) is 47.3 Å². The number of hydrogen-bond acceptors (Lipinski definition) is 7. The summed E-state index contributed by atoms with van der Waals surface area (Å²) in [6.45, 7) is 14.1. The van der Waals surface area contributed by atoms with E-state index in [1.807, 2.05) is 11.0 Å². The normalized spacial score (nSPS) is 14.8. The van der Waals surface area contributed by atoms with Gasteiger partial charge < -0.3 is 15.3 Å². The molecule has 3 heterocycles. The van der Waals surface area contributed by atoms with Gasteiger partial charge in [0.05, 0.1) is 22.2 Å².